The first kappa shape index (κ1) is 12.1. The number of carbonyl (C=O) groups excluding carboxylic acids is 1. The minimum atomic E-state index is -0.0135. The van der Waals surface area contributed by atoms with Gasteiger partial charge in [0.05, 0.1) is 18.3 Å². The Balaban J connectivity index is 2.04. The van der Waals surface area contributed by atoms with E-state index in [9.17, 15) is 4.79 Å². The van der Waals surface area contributed by atoms with Gasteiger partial charge in [-0.05, 0) is 26.8 Å². The maximum atomic E-state index is 12.1. The van der Waals surface area contributed by atoms with E-state index in [1.807, 2.05) is 25.7 Å². The first-order valence-corrected chi connectivity index (χ1v) is 6.07. The summed E-state index contributed by atoms with van der Waals surface area (Å²) in [6, 6.07) is -0.0135. The Morgan fingerprint density at radius 3 is 2.88 bits per heavy atom. The summed E-state index contributed by atoms with van der Waals surface area (Å²) < 4.78 is 5.11. The molecule has 0 saturated carbocycles. The van der Waals surface area contributed by atoms with Gasteiger partial charge in [-0.1, -0.05) is 12.1 Å². The normalized spacial score (nSPS) is 20.3. The van der Waals surface area contributed by atoms with Crippen LogP contribution in [0.2, 0.25) is 0 Å². The van der Waals surface area contributed by atoms with Gasteiger partial charge in [-0.3, -0.25) is 4.79 Å². The molecule has 0 spiro atoms. The first-order chi connectivity index (χ1) is 8.13. The molecule has 2 rings (SSSR count). The lowest BCUT2D eigenvalue weighted by molar-refractivity contribution is -0.129. The van der Waals surface area contributed by atoms with Crippen LogP contribution in [0.3, 0.4) is 0 Å². The molecule has 94 valence electrons. The van der Waals surface area contributed by atoms with Crippen molar-refractivity contribution in [1.29, 1.82) is 0 Å². The van der Waals surface area contributed by atoms with Crippen molar-refractivity contribution in [3.05, 3.63) is 17.0 Å². The second-order valence-corrected chi connectivity index (χ2v) is 4.46. The highest BCUT2D eigenvalue weighted by atomic mass is 16.5. The second kappa shape index (κ2) is 4.87. The van der Waals surface area contributed by atoms with E-state index in [0.717, 1.165) is 36.5 Å². The van der Waals surface area contributed by atoms with Gasteiger partial charge in [-0.2, -0.15) is 0 Å². The summed E-state index contributed by atoms with van der Waals surface area (Å²) in [4.78, 5) is 13.9. The molecule has 5 heteroatoms. The molecule has 1 aromatic rings. The Hall–Kier alpha value is -1.36. The molecule has 5 nitrogen and oxygen atoms in total. The molecule has 1 atom stereocenters. The number of rotatable bonds is 4. The largest absolute Gasteiger partial charge is 0.361 e. The third-order valence-corrected chi connectivity index (χ3v) is 3.28. The number of likely N-dealkylation sites (tertiary alicyclic amines) is 1. The first-order valence-electron chi connectivity index (χ1n) is 6.07. The van der Waals surface area contributed by atoms with E-state index >= 15 is 0 Å². The van der Waals surface area contributed by atoms with Crippen LogP contribution in [0, 0.1) is 13.8 Å². The van der Waals surface area contributed by atoms with Crippen molar-refractivity contribution < 1.29 is 9.32 Å². The van der Waals surface area contributed by atoms with Gasteiger partial charge in [0.25, 0.3) is 0 Å². The van der Waals surface area contributed by atoms with Gasteiger partial charge < -0.3 is 14.7 Å². The van der Waals surface area contributed by atoms with Gasteiger partial charge in [0.2, 0.25) is 5.91 Å². The van der Waals surface area contributed by atoms with E-state index in [-0.39, 0.29) is 11.9 Å². The predicted molar refractivity (Wildman–Crippen MR) is 63.5 cm³/mol. The van der Waals surface area contributed by atoms with Gasteiger partial charge in [0.15, 0.2) is 0 Å². The molecule has 1 aromatic heterocycles. The van der Waals surface area contributed by atoms with Crippen LogP contribution in [-0.4, -0.2) is 35.1 Å². The number of carbonyl (C=O) groups is 1. The topological polar surface area (TPSA) is 58.4 Å². The zero-order valence-corrected chi connectivity index (χ0v) is 10.6. The molecule has 0 bridgehead atoms. The molecule has 1 aliphatic rings. The Morgan fingerprint density at radius 1 is 1.53 bits per heavy atom. The van der Waals surface area contributed by atoms with Crippen LogP contribution in [0.25, 0.3) is 0 Å². The van der Waals surface area contributed by atoms with E-state index < -0.39 is 0 Å². The quantitative estimate of drug-likeness (QED) is 0.848. The molecule has 17 heavy (non-hydrogen) atoms. The van der Waals surface area contributed by atoms with Crippen molar-refractivity contribution in [3.8, 4) is 0 Å². The summed E-state index contributed by atoms with van der Waals surface area (Å²) in [6.45, 7) is 8.06. The summed E-state index contributed by atoms with van der Waals surface area (Å²) in [5.41, 5.74) is 1.91. The smallest absolute Gasteiger partial charge is 0.240 e. The van der Waals surface area contributed by atoms with E-state index in [2.05, 4.69) is 10.5 Å². The number of hydrogen-bond donors (Lipinski definition) is 1. The molecule has 1 saturated heterocycles. The highest BCUT2D eigenvalue weighted by molar-refractivity contribution is 5.84. The zero-order chi connectivity index (χ0) is 12.4. The van der Waals surface area contributed by atoms with Crippen molar-refractivity contribution in [2.24, 2.45) is 0 Å². The van der Waals surface area contributed by atoms with Crippen LogP contribution in [0.1, 0.15) is 30.4 Å². The van der Waals surface area contributed by atoms with Crippen molar-refractivity contribution in [1.82, 2.24) is 15.4 Å². The maximum absolute atomic E-state index is 12.1. The fourth-order valence-corrected chi connectivity index (χ4v) is 2.25. The molecule has 0 radical (unpaired) electrons. The number of amides is 1. The Bertz CT molecular complexity index is 394. The summed E-state index contributed by atoms with van der Waals surface area (Å²) in [5.74, 6) is 0.994. The van der Waals surface area contributed by atoms with Gasteiger partial charge in [0, 0.05) is 12.1 Å². The Morgan fingerprint density at radius 2 is 2.29 bits per heavy atom. The monoisotopic (exact) mass is 237 g/mol. The number of nitrogens with zero attached hydrogens (tertiary/aromatic N) is 2. The summed E-state index contributed by atoms with van der Waals surface area (Å²) >= 11 is 0. The molecule has 2 heterocycles. The van der Waals surface area contributed by atoms with Crippen molar-refractivity contribution in [2.75, 3.05) is 13.1 Å². The average molecular weight is 237 g/mol. The molecular formula is C12H19N3O2. The number of hydrogen-bond acceptors (Lipinski definition) is 4. The van der Waals surface area contributed by atoms with Gasteiger partial charge in [-0.25, -0.2) is 0 Å². The fraction of sp³-hybridized carbons (Fsp3) is 0.667. The molecule has 0 aromatic carbocycles. The second-order valence-electron chi connectivity index (χ2n) is 4.46. The lowest BCUT2D eigenvalue weighted by Crippen LogP contribution is -2.37. The van der Waals surface area contributed by atoms with E-state index in [1.165, 1.54) is 0 Å². The molecule has 0 aliphatic carbocycles. The molecule has 1 N–H and O–H groups in total. The van der Waals surface area contributed by atoms with Gasteiger partial charge in [-0.15, -0.1) is 0 Å². The van der Waals surface area contributed by atoms with Crippen LogP contribution < -0.4 is 5.32 Å². The van der Waals surface area contributed by atoms with Crippen LogP contribution in [0.4, 0.5) is 0 Å². The lowest BCUT2D eigenvalue weighted by atomic mass is 10.2. The average Bonchev–Trinajstić information content (AvgIpc) is 2.80. The maximum Gasteiger partial charge on any atom is 0.240 e. The standard InChI is InChI=1S/C12H19N3O2/c1-4-13-11-5-6-15(12(11)16)7-10-8(2)14-17-9(10)3/h11,13H,4-7H2,1-3H3. The van der Waals surface area contributed by atoms with Gasteiger partial charge >= 0.3 is 0 Å². The van der Waals surface area contributed by atoms with Gasteiger partial charge in [0.1, 0.15) is 5.76 Å². The Labute approximate surface area is 101 Å². The highest BCUT2D eigenvalue weighted by Crippen LogP contribution is 2.19. The molecular weight excluding hydrogens is 218 g/mol. The molecule has 1 unspecified atom stereocenters. The van der Waals surface area contributed by atoms with E-state index in [0.29, 0.717) is 6.54 Å². The summed E-state index contributed by atoms with van der Waals surface area (Å²) in [5, 5.41) is 7.11. The van der Waals surface area contributed by atoms with Crippen LogP contribution in [-0.2, 0) is 11.3 Å². The molecule has 1 amide bonds. The number of likely N-dealkylation sites (N-methyl/N-ethyl adjacent to an activating group) is 1. The minimum absolute atomic E-state index is 0.0135. The Kier molecular flexibility index (Phi) is 3.47. The number of aromatic nitrogens is 1. The van der Waals surface area contributed by atoms with E-state index in [4.69, 9.17) is 4.52 Å². The fourth-order valence-electron chi connectivity index (χ4n) is 2.25. The van der Waals surface area contributed by atoms with Crippen molar-refractivity contribution >= 4 is 5.91 Å². The van der Waals surface area contributed by atoms with E-state index in [1.54, 1.807) is 0 Å². The number of aryl methyl sites for hydroxylation is 2. The third kappa shape index (κ3) is 2.34. The van der Waals surface area contributed by atoms with Crippen LogP contribution in [0.5, 0.6) is 0 Å². The minimum Gasteiger partial charge on any atom is -0.361 e. The third-order valence-electron chi connectivity index (χ3n) is 3.28. The predicted octanol–water partition coefficient (Wildman–Crippen LogP) is 1.00. The zero-order valence-electron chi connectivity index (χ0n) is 10.6. The van der Waals surface area contributed by atoms with Crippen LogP contribution >= 0.6 is 0 Å². The SMILES string of the molecule is CCNC1CCN(Cc2c(C)noc2C)C1=O. The molecule has 1 aliphatic heterocycles. The summed E-state index contributed by atoms with van der Waals surface area (Å²) in [7, 11) is 0. The highest BCUT2D eigenvalue weighted by Gasteiger charge is 2.31. The van der Waals surface area contributed by atoms with Crippen molar-refractivity contribution in [2.45, 2.75) is 39.8 Å². The summed E-state index contributed by atoms with van der Waals surface area (Å²) in [6.07, 6.45) is 0.885. The van der Waals surface area contributed by atoms with Crippen LogP contribution in [0.15, 0.2) is 4.52 Å². The number of nitrogens with one attached hydrogen (secondary N) is 1. The lowest BCUT2D eigenvalue weighted by Gasteiger charge is -2.16. The van der Waals surface area contributed by atoms with Crippen molar-refractivity contribution in [3.63, 3.8) is 0 Å². The molecule has 1 fully saturated rings.